The van der Waals surface area contributed by atoms with Gasteiger partial charge in [-0.3, -0.25) is 9.59 Å². The van der Waals surface area contributed by atoms with Gasteiger partial charge in [0.2, 0.25) is 17.7 Å². The van der Waals surface area contributed by atoms with Crippen LogP contribution in [0.3, 0.4) is 0 Å². The highest BCUT2D eigenvalue weighted by molar-refractivity contribution is 5.89. The largest absolute Gasteiger partial charge is 0.497 e. The lowest BCUT2D eigenvalue weighted by Gasteiger charge is -2.17. The van der Waals surface area contributed by atoms with Crippen LogP contribution in [0.5, 0.6) is 5.75 Å². The third kappa shape index (κ3) is 5.14. The Bertz CT molecular complexity index is 1070. The zero-order chi connectivity index (χ0) is 22.5. The Morgan fingerprint density at radius 3 is 2.66 bits per heavy atom. The fourth-order valence-electron chi connectivity index (χ4n) is 3.73. The molecule has 0 unspecified atom stereocenters. The van der Waals surface area contributed by atoms with Gasteiger partial charge in [-0.25, -0.2) is 0 Å². The summed E-state index contributed by atoms with van der Waals surface area (Å²) in [5.41, 5.74) is 2.06. The number of hydrogen-bond acceptors (Lipinski definition) is 6. The molecule has 1 aliphatic heterocycles. The molecule has 8 nitrogen and oxygen atoms in total. The zero-order valence-electron chi connectivity index (χ0n) is 18.2. The number of amides is 2. The lowest BCUT2D eigenvalue weighted by atomic mass is 10.1. The number of nitrogens with one attached hydrogen (secondary N) is 1. The number of carbonyl (C=O) groups is 2. The van der Waals surface area contributed by atoms with Crippen LogP contribution in [-0.2, 0) is 22.6 Å². The van der Waals surface area contributed by atoms with Gasteiger partial charge < -0.3 is 19.5 Å². The molecule has 166 valence electrons. The fraction of sp³-hybridized carbons (Fsp3) is 0.333. The summed E-state index contributed by atoms with van der Waals surface area (Å²) in [6, 6.07) is 17.0. The van der Waals surface area contributed by atoms with E-state index in [0.717, 1.165) is 16.9 Å². The van der Waals surface area contributed by atoms with Crippen molar-refractivity contribution < 1.29 is 18.8 Å². The molecule has 3 aromatic rings. The van der Waals surface area contributed by atoms with Crippen molar-refractivity contribution in [2.45, 2.75) is 32.4 Å². The molecule has 2 heterocycles. The molecule has 32 heavy (non-hydrogen) atoms. The third-order valence-electron chi connectivity index (χ3n) is 5.55. The van der Waals surface area contributed by atoms with E-state index in [1.54, 1.807) is 18.9 Å². The quantitative estimate of drug-likeness (QED) is 0.586. The molecular formula is C24H26N4O4. The number of carbonyl (C=O) groups excluding carboxylic acids is 2. The topological polar surface area (TPSA) is 97.6 Å². The average Bonchev–Trinajstić information content (AvgIpc) is 3.42. The summed E-state index contributed by atoms with van der Waals surface area (Å²) in [5, 5.41) is 6.92. The van der Waals surface area contributed by atoms with Crippen LogP contribution in [0.4, 0.5) is 0 Å². The minimum atomic E-state index is -0.415. The summed E-state index contributed by atoms with van der Waals surface area (Å²) >= 11 is 0. The average molecular weight is 434 g/mol. The maximum atomic E-state index is 12.8. The minimum Gasteiger partial charge on any atom is -0.497 e. The SMILES string of the molecule is COc1ccc(CN2C[C@H](C(=O)N[C@H](C)c3noc(Cc4ccccc4)n3)CC2=O)cc1. The standard InChI is InChI=1S/C24H26N4O4/c1-16(23-26-21(32-27-23)12-17-6-4-3-5-7-17)25-24(30)19-13-22(29)28(15-19)14-18-8-10-20(31-2)11-9-18/h3-11,16,19H,12-15H2,1-2H3,(H,25,30)/t16-,19-/m1/s1. The van der Waals surface area contributed by atoms with E-state index in [2.05, 4.69) is 15.5 Å². The van der Waals surface area contributed by atoms with Crippen LogP contribution in [0.25, 0.3) is 0 Å². The molecular weight excluding hydrogens is 408 g/mol. The van der Waals surface area contributed by atoms with Gasteiger partial charge in [-0.2, -0.15) is 4.98 Å². The first-order valence-electron chi connectivity index (χ1n) is 10.6. The first-order chi connectivity index (χ1) is 15.5. The maximum absolute atomic E-state index is 12.8. The van der Waals surface area contributed by atoms with E-state index < -0.39 is 12.0 Å². The predicted molar refractivity (Wildman–Crippen MR) is 117 cm³/mol. The van der Waals surface area contributed by atoms with E-state index in [9.17, 15) is 9.59 Å². The molecule has 1 aliphatic rings. The fourth-order valence-corrected chi connectivity index (χ4v) is 3.73. The first kappa shape index (κ1) is 21.5. The number of benzene rings is 2. The van der Waals surface area contributed by atoms with E-state index >= 15 is 0 Å². The molecule has 0 aliphatic carbocycles. The van der Waals surface area contributed by atoms with Crippen LogP contribution in [0.1, 0.15) is 42.2 Å². The monoisotopic (exact) mass is 434 g/mol. The van der Waals surface area contributed by atoms with Gasteiger partial charge in [0.15, 0.2) is 5.82 Å². The molecule has 0 spiro atoms. The third-order valence-corrected chi connectivity index (χ3v) is 5.55. The van der Waals surface area contributed by atoms with Crippen molar-refractivity contribution in [3.8, 4) is 5.75 Å². The second-order valence-corrected chi connectivity index (χ2v) is 7.96. The van der Waals surface area contributed by atoms with Crippen LogP contribution in [0.15, 0.2) is 59.1 Å². The van der Waals surface area contributed by atoms with Gasteiger partial charge >= 0.3 is 0 Å². The van der Waals surface area contributed by atoms with Gasteiger partial charge in [-0.05, 0) is 30.2 Å². The smallest absolute Gasteiger partial charge is 0.231 e. The number of rotatable bonds is 8. The lowest BCUT2D eigenvalue weighted by molar-refractivity contribution is -0.129. The molecule has 1 fully saturated rings. The van der Waals surface area contributed by atoms with Gasteiger partial charge in [0.25, 0.3) is 0 Å². The molecule has 4 rings (SSSR count). The Morgan fingerprint density at radius 1 is 1.19 bits per heavy atom. The number of hydrogen-bond donors (Lipinski definition) is 1. The molecule has 2 aromatic carbocycles. The van der Waals surface area contributed by atoms with Gasteiger partial charge in [0.1, 0.15) is 5.75 Å². The van der Waals surface area contributed by atoms with Gasteiger partial charge in [-0.15, -0.1) is 0 Å². The summed E-state index contributed by atoms with van der Waals surface area (Å²) in [4.78, 5) is 31.3. The highest BCUT2D eigenvalue weighted by atomic mass is 16.5. The predicted octanol–water partition coefficient (Wildman–Crippen LogP) is 2.89. The lowest BCUT2D eigenvalue weighted by Crippen LogP contribution is -2.34. The molecule has 1 aromatic heterocycles. The molecule has 1 saturated heterocycles. The molecule has 0 bridgehead atoms. The van der Waals surface area contributed by atoms with Gasteiger partial charge in [0, 0.05) is 19.5 Å². The minimum absolute atomic E-state index is 0.0293. The van der Waals surface area contributed by atoms with Crippen molar-refractivity contribution in [3.05, 3.63) is 77.4 Å². The Morgan fingerprint density at radius 2 is 1.94 bits per heavy atom. The summed E-state index contributed by atoms with van der Waals surface area (Å²) < 4.78 is 10.5. The highest BCUT2D eigenvalue weighted by Gasteiger charge is 2.35. The Balaban J connectivity index is 1.31. The van der Waals surface area contributed by atoms with Crippen molar-refractivity contribution in [1.82, 2.24) is 20.4 Å². The van der Waals surface area contributed by atoms with E-state index in [1.807, 2.05) is 54.6 Å². The van der Waals surface area contributed by atoms with Crippen molar-refractivity contribution in [1.29, 1.82) is 0 Å². The van der Waals surface area contributed by atoms with Crippen molar-refractivity contribution in [2.75, 3.05) is 13.7 Å². The molecule has 8 heteroatoms. The summed E-state index contributed by atoms with van der Waals surface area (Å²) in [6.45, 7) is 2.66. The summed E-state index contributed by atoms with van der Waals surface area (Å²) in [6.07, 6.45) is 0.728. The Hall–Kier alpha value is -3.68. The van der Waals surface area contributed by atoms with E-state index in [1.165, 1.54) is 0 Å². The molecule has 2 amide bonds. The highest BCUT2D eigenvalue weighted by Crippen LogP contribution is 2.22. The van der Waals surface area contributed by atoms with E-state index in [-0.39, 0.29) is 18.2 Å². The second-order valence-electron chi connectivity index (χ2n) is 7.96. The molecule has 0 radical (unpaired) electrons. The number of methoxy groups -OCH3 is 1. The molecule has 2 atom stereocenters. The summed E-state index contributed by atoms with van der Waals surface area (Å²) in [7, 11) is 1.61. The van der Waals surface area contributed by atoms with Crippen molar-refractivity contribution in [3.63, 3.8) is 0 Å². The second kappa shape index (κ2) is 9.64. The van der Waals surface area contributed by atoms with E-state index in [4.69, 9.17) is 9.26 Å². The zero-order valence-corrected chi connectivity index (χ0v) is 18.2. The number of nitrogens with zero attached hydrogens (tertiary/aromatic N) is 3. The Labute approximate surface area is 186 Å². The number of aromatic nitrogens is 2. The normalized spacial score (nSPS) is 16.8. The van der Waals surface area contributed by atoms with Crippen molar-refractivity contribution in [2.24, 2.45) is 5.92 Å². The summed E-state index contributed by atoms with van der Waals surface area (Å²) in [5.74, 6) is 1.06. The van der Waals surface area contributed by atoms with Gasteiger partial charge in [-0.1, -0.05) is 47.6 Å². The Kier molecular flexibility index (Phi) is 6.49. The van der Waals surface area contributed by atoms with Crippen molar-refractivity contribution >= 4 is 11.8 Å². The van der Waals surface area contributed by atoms with Crippen LogP contribution in [-0.4, -0.2) is 40.5 Å². The van der Waals surface area contributed by atoms with Crippen LogP contribution in [0.2, 0.25) is 0 Å². The maximum Gasteiger partial charge on any atom is 0.231 e. The molecule has 0 saturated carbocycles. The van der Waals surface area contributed by atoms with Crippen LogP contribution in [0, 0.1) is 5.92 Å². The number of ether oxygens (including phenoxy) is 1. The van der Waals surface area contributed by atoms with E-state index in [0.29, 0.717) is 31.2 Å². The van der Waals surface area contributed by atoms with Crippen LogP contribution >= 0.6 is 0 Å². The number of likely N-dealkylation sites (tertiary alicyclic amines) is 1. The molecule has 1 N–H and O–H groups in total. The first-order valence-corrected chi connectivity index (χ1v) is 10.6. The van der Waals surface area contributed by atoms with Gasteiger partial charge in [0.05, 0.1) is 25.5 Å². The van der Waals surface area contributed by atoms with Crippen LogP contribution < -0.4 is 10.1 Å².